The maximum absolute atomic E-state index is 12.3. The summed E-state index contributed by atoms with van der Waals surface area (Å²) in [5.41, 5.74) is 2.41. The third kappa shape index (κ3) is 5.46. The summed E-state index contributed by atoms with van der Waals surface area (Å²) in [5.74, 6) is -0.763. The van der Waals surface area contributed by atoms with E-state index in [1.54, 1.807) is 0 Å². The van der Waals surface area contributed by atoms with Crippen LogP contribution in [0.5, 0.6) is 0 Å². The van der Waals surface area contributed by atoms with Gasteiger partial charge in [-0.25, -0.2) is 0 Å². The third-order valence-corrected chi connectivity index (χ3v) is 4.53. The molecule has 7 heteroatoms. The first-order valence-corrected chi connectivity index (χ1v) is 9.44. The van der Waals surface area contributed by atoms with E-state index in [4.69, 9.17) is 0 Å². The van der Waals surface area contributed by atoms with Crippen molar-refractivity contribution in [3.8, 4) is 0 Å². The monoisotopic (exact) mass is 380 g/mol. The molecule has 2 amide bonds. The van der Waals surface area contributed by atoms with E-state index in [-0.39, 0.29) is 23.2 Å². The highest BCUT2D eigenvalue weighted by atomic mass is 32.1. The second-order valence-electron chi connectivity index (χ2n) is 5.94. The normalized spacial score (nSPS) is 10.4. The molecule has 0 unspecified atom stereocenters. The van der Waals surface area contributed by atoms with Crippen LogP contribution in [0.1, 0.15) is 32.1 Å². The second-order valence-corrected chi connectivity index (χ2v) is 6.47. The van der Waals surface area contributed by atoms with Crippen LogP contribution in [0.4, 0.5) is 0 Å². The zero-order valence-corrected chi connectivity index (χ0v) is 15.5. The quantitative estimate of drug-likeness (QED) is 0.629. The lowest BCUT2D eigenvalue weighted by Crippen LogP contribution is -2.31. The number of carbonyl (C=O) groups is 2. The molecule has 3 aromatic rings. The molecule has 0 saturated carbocycles. The van der Waals surface area contributed by atoms with Crippen LogP contribution >= 0.6 is 11.7 Å². The number of carbonyl (C=O) groups excluding carboxylic acids is 2. The van der Waals surface area contributed by atoms with E-state index >= 15 is 0 Å². The third-order valence-electron chi connectivity index (χ3n) is 4.00. The van der Waals surface area contributed by atoms with Crippen molar-refractivity contribution in [2.75, 3.05) is 13.1 Å². The molecule has 0 aliphatic heterocycles. The van der Waals surface area contributed by atoms with E-state index in [0.29, 0.717) is 25.9 Å². The summed E-state index contributed by atoms with van der Waals surface area (Å²) < 4.78 is 7.97. The van der Waals surface area contributed by atoms with Crippen molar-refractivity contribution < 1.29 is 9.59 Å². The van der Waals surface area contributed by atoms with Gasteiger partial charge in [0.2, 0.25) is 0 Å². The first-order valence-electron chi connectivity index (χ1n) is 8.71. The zero-order chi connectivity index (χ0) is 18.9. The molecule has 0 saturated heterocycles. The molecule has 138 valence electrons. The molecule has 0 fully saturated rings. The lowest BCUT2D eigenvalue weighted by Gasteiger charge is -2.06. The van der Waals surface area contributed by atoms with Crippen molar-refractivity contribution >= 4 is 23.5 Å². The highest BCUT2D eigenvalue weighted by Crippen LogP contribution is 2.07. The van der Waals surface area contributed by atoms with E-state index < -0.39 is 0 Å². The highest BCUT2D eigenvalue weighted by molar-refractivity contribution is 6.99. The van der Waals surface area contributed by atoms with Crippen LogP contribution in [0.15, 0.2) is 60.7 Å². The molecular formula is C20H20N4O2S. The Hall–Kier alpha value is -3.06. The lowest BCUT2D eigenvalue weighted by atomic mass is 10.1. The number of nitrogens with zero attached hydrogens (tertiary/aromatic N) is 2. The molecule has 1 aromatic heterocycles. The number of hydrogen-bond acceptors (Lipinski definition) is 5. The van der Waals surface area contributed by atoms with Gasteiger partial charge >= 0.3 is 0 Å². The zero-order valence-electron chi connectivity index (χ0n) is 14.7. The van der Waals surface area contributed by atoms with Crippen LogP contribution in [0, 0.1) is 0 Å². The Labute approximate surface area is 162 Å². The number of amides is 2. The molecule has 2 N–H and O–H groups in total. The van der Waals surface area contributed by atoms with Gasteiger partial charge in [-0.05, 0) is 24.0 Å². The second kappa shape index (κ2) is 9.59. The van der Waals surface area contributed by atoms with Gasteiger partial charge in [0.1, 0.15) is 0 Å². The fourth-order valence-corrected chi connectivity index (χ4v) is 3.13. The summed E-state index contributed by atoms with van der Waals surface area (Å²) in [7, 11) is 0. The number of aromatic nitrogens is 2. The summed E-state index contributed by atoms with van der Waals surface area (Å²) in [4.78, 5) is 24.7. The number of hydrogen-bond donors (Lipinski definition) is 2. The lowest BCUT2D eigenvalue weighted by molar-refractivity contribution is 0.0914. The van der Waals surface area contributed by atoms with Gasteiger partial charge in [-0.1, -0.05) is 60.7 Å². The van der Waals surface area contributed by atoms with E-state index in [0.717, 1.165) is 22.9 Å². The van der Waals surface area contributed by atoms with E-state index in [2.05, 4.69) is 19.4 Å². The smallest absolute Gasteiger partial charge is 0.273 e. The Kier molecular flexibility index (Phi) is 6.65. The first-order chi connectivity index (χ1) is 13.2. The molecule has 0 radical (unpaired) electrons. The van der Waals surface area contributed by atoms with Crippen LogP contribution < -0.4 is 10.6 Å². The average molecular weight is 380 g/mol. The summed E-state index contributed by atoms with van der Waals surface area (Å²) in [5, 5.41) is 5.59. The minimum atomic E-state index is -0.382. The van der Waals surface area contributed by atoms with E-state index in [1.807, 2.05) is 60.7 Å². The fourth-order valence-electron chi connectivity index (χ4n) is 2.58. The number of rotatable bonds is 8. The molecule has 27 heavy (non-hydrogen) atoms. The van der Waals surface area contributed by atoms with Crippen molar-refractivity contribution in [1.82, 2.24) is 19.4 Å². The predicted molar refractivity (Wildman–Crippen MR) is 105 cm³/mol. The van der Waals surface area contributed by atoms with Crippen molar-refractivity contribution in [2.45, 2.75) is 12.8 Å². The largest absolute Gasteiger partial charge is 0.350 e. The minimum absolute atomic E-state index is 0.0743. The molecule has 0 bridgehead atoms. The Balaban J connectivity index is 1.50. The predicted octanol–water partition coefficient (Wildman–Crippen LogP) is 2.48. The molecule has 0 aliphatic rings. The van der Waals surface area contributed by atoms with Crippen LogP contribution in [0.3, 0.4) is 0 Å². The summed E-state index contributed by atoms with van der Waals surface area (Å²) in [6.07, 6.45) is 1.42. The standard InChI is InChI=1S/C20H20N4O2S/c25-19(21-13-11-15-7-3-1-4-8-15)17-18(24-27-23-17)20(26)22-14-12-16-9-5-2-6-10-16/h1-10H,11-14H2,(H,21,25)(H,22,26). The van der Waals surface area contributed by atoms with Crippen molar-refractivity contribution in [3.05, 3.63) is 83.2 Å². The van der Waals surface area contributed by atoms with Gasteiger partial charge in [0.05, 0.1) is 11.7 Å². The Morgan fingerprint density at radius 3 is 1.52 bits per heavy atom. The maximum Gasteiger partial charge on any atom is 0.273 e. The molecule has 1 heterocycles. The highest BCUT2D eigenvalue weighted by Gasteiger charge is 2.21. The average Bonchev–Trinajstić information content (AvgIpc) is 3.20. The van der Waals surface area contributed by atoms with Crippen LogP contribution in [-0.4, -0.2) is 33.7 Å². The summed E-state index contributed by atoms with van der Waals surface area (Å²) in [6, 6.07) is 19.7. The maximum atomic E-state index is 12.3. The number of benzene rings is 2. The van der Waals surface area contributed by atoms with E-state index in [1.165, 1.54) is 0 Å². The molecule has 0 atom stereocenters. The molecule has 6 nitrogen and oxygen atoms in total. The Morgan fingerprint density at radius 2 is 1.11 bits per heavy atom. The van der Waals surface area contributed by atoms with Crippen molar-refractivity contribution in [3.63, 3.8) is 0 Å². The van der Waals surface area contributed by atoms with Crippen LogP contribution in [-0.2, 0) is 12.8 Å². The SMILES string of the molecule is O=C(NCCc1ccccc1)c1nsnc1C(=O)NCCc1ccccc1. The van der Waals surface area contributed by atoms with Crippen molar-refractivity contribution in [2.24, 2.45) is 0 Å². The molecule has 0 aliphatic carbocycles. The first kappa shape index (κ1) is 18.7. The Bertz CT molecular complexity index is 809. The molecular weight excluding hydrogens is 360 g/mol. The van der Waals surface area contributed by atoms with Gasteiger partial charge in [0.25, 0.3) is 11.8 Å². The van der Waals surface area contributed by atoms with E-state index in [9.17, 15) is 9.59 Å². The molecule has 2 aromatic carbocycles. The van der Waals surface area contributed by atoms with Crippen LogP contribution in [0.2, 0.25) is 0 Å². The van der Waals surface area contributed by atoms with Gasteiger partial charge in [0, 0.05) is 13.1 Å². The summed E-state index contributed by atoms with van der Waals surface area (Å²) in [6.45, 7) is 0.935. The van der Waals surface area contributed by atoms with Gasteiger partial charge in [0.15, 0.2) is 11.4 Å². The molecule has 3 rings (SSSR count). The van der Waals surface area contributed by atoms with Crippen LogP contribution in [0.25, 0.3) is 0 Å². The van der Waals surface area contributed by atoms with Gasteiger partial charge in [-0.2, -0.15) is 8.75 Å². The fraction of sp³-hybridized carbons (Fsp3) is 0.200. The topological polar surface area (TPSA) is 84.0 Å². The van der Waals surface area contributed by atoms with Gasteiger partial charge < -0.3 is 10.6 Å². The van der Waals surface area contributed by atoms with Crippen molar-refractivity contribution in [1.29, 1.82) is 0 Å². The molecule has 0 spiro atoms. The van der Waals surface area contributed by atoms with Gasteiger partial charge in [-0.3, -0.25) is 9.59 Å². The summed E-state index contributed by atoms with van der Waals surface area (Å²) >= 11 is 0.861. The van der Waals surface area contributed by atoms with Gasteiger partial charge in [-0.15, -0.1) is 0 Å². The minimum Gasteiger partial charge on any atom is -0.350 e. The number of nitrogens with one attached hydrogen (secondary N) is 2. The Morgan fingerprint density at radius 1 is 0.704 bits per heavy atom.